The number of aliphatic carboxylic acids is 1. The number of hydrogen-bond donors (Lipinski definition) is 2. The molecule has 1 saturated carbocycles. The summed E-state index contributed by atoms with van der Waals surface area (Å²) in [6.45, 7) is 7.26. The third-order valence-electron chi connectivity index (χ3n) is 6.18. The largest absolute Gasteiger partial charge is 0.481 e. The molecule has 1 unspecified atom stereocenters. The number of para-hydroxylation sites is 1. The number of amides is 2. The third-order valence-corrected chi connectivity index (χ3v) is 6.18. The fourth-order valence-corrected chi connectivity index (χ4v) is 4.09. The van der Waals surface area contributed by atoms with Crippen molar-refractivity contribution in [1.29, 1.82) is 0 Å². The van der Waals surface area contributed by atoms with Crippen LogP contribution < -0.4 is 5.32 Å². The second-order valence-corrected chi connectivity index (χ2v) is 9.03. The van der Waals surface area contributed by atoms with Gasteiger partial charge in [0.25, 0.3) is 0 Å². The fourth-order valence-electron chi connectivity index (χ4n) is 4.09. The number of carbonyl (C=O) groups excluding carboxylic acids is 2. The van der Waals surface area contributed by atoms with E-state index in [4.69, 9.17) is 5.11 Å². The Labute approximate surface area is 210 Å². The number of carboxylic acid groups (broad SMARTS) is 1. The highest BCUT2D eigenvalue weighted by atomic mass is 16.4. The molecular formula is C27H44N4O4. The van der Waals surface area contributed by atoms with Crippen LogP contribution in [-0.2, 0) is 21.4 Å². The Morgan fingerprint density at radius 3 is 2.26 bits per heavy atom. The molecule has 0 bridgehead atoms. The van der Waals surface area contributed by atoms with Crippen molar-refractivity contribution in [2.24, 2.45) is 13.0 Å². The van der Waals surface area contributed by atoms with Gasteiger partial charge in [-0.2, -0.15) is 5.10 Å². The topological polar surface area (TPSA) is 105 Å². The van der Waals surface area contributed by atoms with Crippen molar-refractivity contribution in [2.45, 2.75) is 78.1 Å². The molecule has 2 aromatic rings. The molecule has 8 nitrogen and oxygen atoms in total. The van der Waals surface area contributed by atoms with Gasteiger partial charge in [0.2, 0.25) is 11.8 Å². The number of fused-ring (bicyclic) bond motifs is 1. The molecule has 2 fully saturated rings. The summed E-state index contributed by atoms with van der Waals surface area (Å²) in [6.07, 6.45) is 7.33. The van der Waals surface area contributed by atoms with E-state index in [2.05, 4.69) is 36.3 Å². The van der Waals surface area contributed by atoms with Gasteiger partial charge in [-0.05, 0) is 51.9 Å². The number of aryl methyl sites for hydroxylation is 1. The summed E-state index contributed by atoms with van der Waals surface area (Å²) in [4.78, 5) is 35.4. The van der Waals surface area contributed by atoms with Gasteiger partial charge in [-0.15, -0.1) is 0 Å². The average molecular weight is 489 g/mol. The van der Waals surface area contributed by atoms with Gasteiger partial charge in [0.1, 0.15) is 0 Å². The molecule has 8 heteroatoms. The molecule has 2 heterocycles. The Hall–Kier alpha value is -2.74. The zero-order valence-electron chi connectivity index (χ0n) is 22.3. The summed E-state index contributed by atoms with van der Waals surface area (Å²) < 4.78 is 1.77. The number of carboxylic acids is 1. The molecule has 2 amide bonds. The normalized spacial score (nSPS) is 17.9. The average Bonchev–Trinajstić information content (AvgIpc) is 3.18. The number of imide groups is 1. The van der Waals surface area contributed by atoms with E-state index in [0.717, 1.165) is 36.0 Å². The molecule has 1 aromatic carbocycles. The predicted octanol–water partition coefficient (Wildman–Crippen LogP) is 4.73. The number of nitrogens with one attached hydrogen (secondary N) is 1. The summed E-state index contributed by atoms with van der Waals surface area (Å²) in [6, 6.07) is 7.80. The van der Waals surface area contributed by atoms with Crippen molar-refractivity contribution in [3.63, 3.8) is 0 Å². The molecule has 4 rings (SSSR count). The number of carbonyl (C=O) groups is 3. The highest BCUT2D eigenvalue weighted by Gasteiger charge is 2.31. The smallest absolute Gasteiger partial charge is 0.303 e. The molecular weight excluding hydrogens is 444 g/mol. The summed E-state index contributed by atoms with van der Waals surface area (Å²) >= 11 is 0. The van der Waals surface area contributed by atoms with E-state index in [-0.39, 0.29) is 17.7 Å². The lowest BCUT2D eigenvalue weighted by Gasteiger charge is -2.19. The summed E-state index contributed by atoms with van der Waals surface area (Å²) in [5.41, 5.74) is 1.76. The lowest BCUT2D eigenvalue weighted by molar-refractivity contribution is -0.138. The molecule has 0 spiro atoms. The summed E-state index contributed by atoms with van der Waals surface area (Å²) in [7, 11) is 5.97. The van der Waals surface area contributed by atoms with Gasteiger partial charge in [-0.25, -0.2) is 0 Å². The maximum absolute atomic E-state index is 11.9. The highest BCUT2D eigenvalue weighted by molar-refractivity contribution is 6.02. The minimum Gasteiger partial charge on any atom is -0.481 e. The van der Waals surface area contributed by atoms with Gasteiger partial charge in [-0.3, -0.25) is 24.4 Å². The third kappa shape index (κ3) is 10.2. The molecule has 2 aliphatic rings. The van der Waals surface area contributed by atoms with E-state index in [1.54, 1.807) is 4.68 Å². The second-order valence-electron chi connectivity index (χ2n) is 9.03. The first kappa shape index (κ1) is 30.3. The van der Waals surface area contributed by atoms with E-state index >= 15 is 0 Å². The van der Waals surface area contributed by atoms with Crippen LogP contribution in [-0.4, -0.2) is 58.2 Å². The fraction of sp³-hybridized carbons (Fsp3) is 0.630. The maximum atomic E-state index is 11.9. The number of aromatic nitrogens is 2. The van der Waals surface area contributed by atoms with Crippen molar-refractivity contribution in [1.82, 2.24) is 20.0 Å². The van der Waals surface area contributed by atoms with Crippen molar-refractivity contribution >= 4 is 28.7 Å². The zero-order chi connectivity index (χ0) is 26.4. The van der Waals surface area contributed by atoms with Crippen molar-refractivity contribution in [3.8, 4) is 0 Å². The van der Waals surface area contributed by atoms with Gasteiger partial charge in [0.05, 0.1) is 17.1 Å². The van der Waals surface area contributed by atoms with Crippen LogP contribution in [0.15, 0.2) is 24.3 Å². The minimum atomic E-state index is -0.632. The quantitative estimate of drug-likeness (QED) is 0.603. The molecule has 1 atom stereocenters. The highest BCUT2D eigenvalue weighted by Crippen LogP contribution is 2.29. The van der Waals surface area contributed by atoms with Gasteiger partial charge in [0, 0.05) is 25.3 Å². The Kier molecular flexibility index (Phi) is 13.9. The Bertz CT molecular complexity index is 932. The van der Waals surface area contributed by atoms with Crippen LogP contribution in [0.25, 0.3) is 10.9 Å². The summed E-state index contributed by atoms with van der Waals surface area (Å²) in [5, 5.41) is 16.3. The van der Waals surface area contributed by atoms with Crippen LogP contribution in [0, 0.1) is 5.92 Å². The lowest BCUT2D eigenvalue weighted by atomic mass is 9.87. The Balaban J connectivity index is 0.000000305. The SMILES string of the molecule is CC.CCN(C)C.Cn1nc(C2CCC(=O)NC2=O)c2ccccc21.O=C(O)CC1CCCCC1. The number of rotatable bonds is 4. The van der Waals surface area contributed by atoms with Crippen LogP contribution >= 0.6 is 0 Å². The predicted molar refractivity (Wildman–Crippen MR) is 140 cm³/mol. The van der Waals surface area contributed by atoms with Gasteiger partial charge >= 0.3 is 5.97 Å². The molecule has 1 aromatic heterocycles. The van der Waals surface area contributed by atoms with Crippen molar-refractivity contribution < 1.29 is 19.5 Å². The monoisotopic (exact) mass is 488 g/mol. The maximum Gasteiger partial charge on any atom is 0.303 e. The van der Waals surface area contributed by atoms with Crippen LogP contribution in [0.1, 0.15) is 83.7 Å². The molecule has 196 valence electrons. The standard InChI is InChI=1S/C13H13N3O2.C8H14O2.C4H11N.C2H6/c1-16-10-5-3-2-4-8(10)12(15-16)9-6-7-11(17)14-13(9)18;9-8(10)6-7-4-2-1-3-5-7;1-4-5(2)3;1-2/h2-5,9H,6-7H2,1H3,(H,14,17,18);7H,1-6H2,(H,9,10);4H2,1-3H3;1-2H3. The van der Waals surface area contributed by atoms with Crippen LogP contribution in [0.2, 0.25) is 0 Å². The van der Waals surface area contributed by atoms with Gasteiger partial charge in [0.15, 0.2) is 0 Å². The van der Waals surface area contributed by atoms with Crippen molar-refractivity contribution in [3.05, 3.63) is 30.0 Å². The first-order valence-electron chi connectivity index (χ1n) is 12.8. The van der Waals surface area contributed by atoms with Crippen molar-refractivity contribution in [2.75, 3.05) is 20.6 Å². The first-order chi connectivity index (χ1) is 16.7. The lowest BCUT2D eigenvalue weighted by Crippen LogP contribution is -2.39. The van der Waals surface area contributed by atoms with E-state index < -0.39 is 5.97 Å². The number of benzene rings is 1. The summed E-state index contributed by atoms with van der Waals surface area (Å²) in [5.74, 6) is -0.918. The second kappa shape index (κ2) is 16.0. The van der Waals surface area contributed by atoms with Crippen LogP contribution in [0.3, 0.4) is 0 Å². The number of hydrogen-bond acceptors (Lipinski definition) is 5. The minimum absolute atomic E-state index is 0.198. The van der Waals surface area contributed by atoms with E-state index in [0.29, 0.717) is 25.2 Å². The Morgan fingerprint density at radius 2 is 1.71 bits per heavy atom. The Morgan fingerprint density at radius 1 is 1.11 bits per heavy atom. The molecule has 1 aliphatic heterocycles. The number of nitrogens with zero attached hydrogens (tertiary/aromatic N) is 3. The van der Waals surface area contributed by atoms with E-state index in [1.807, 2.05) is 45.2 Å². The first-order valence-corrected chi connectivity index (χ1v) is 12.8. The van der Waals surface area contributed by atoms with Crippen LogP contribution in [0.4, 0.5) is 0 Å². The van der Waals surface area contributed by atoms with Crippen LogP contribution in [0.5, 0.6) is 0 Å². The van der Waals surface area contributed by atoms with E-state index in [1.165, 1.54) is 19.3 Å². The van der Waals surface area contributed by atoms with E-state index in [9.17, 15) is 14.4 Å². The van der Waals surface area contributed by atoms with Gasteiger partial charge in [-0.1, -0.05) is 58.2 Å². The number of piperidine rings is 1. The zero-order valence-corrected chi connectivity index (χ0v) is 22.3. The van der Waals surface area contributed by atoms with Gasteiger partial charge < -0.3 is 10.0 Å². The molecule has 2 N–H and O–H groups in total. The molecule has 35 heavy (non-hydrogen) atoms. The molecule has 1 saturated heterocycles. The molecule has 1 aliphatic carbocycles. The molecule has 0 radical (unpaired) electrons.